The third-order valence-corrected chi connectivity index (χ3v) is 4.10. The number of carbonyl (C=O) groups excluding carboxylic acids is 2. The Morgan fingerprint density at radius 1 is 1.19 bits per heavy atom. The maximum Gasteiger partial charge on any atom is 0.299 e. The average molecular weight is 283 g/mol. The summed E-state index contributed by atoms with van der Waals surface area (Å²) in [4.78, 5) is 30.3. The molecule has 1 aromatic carbocycles. The summed E-state index contributed by atoms with van der Waals surface area (Å²) < 4.78 is 1.97. The molecule has 0 aliphatic carbocycles. The number of anilines is 1. The van der Waals surface area contributed by atoms with Gasteiger partial charge in [-0.1, -0.05) is 6.07 Å². The van der Waals surface area contributed by atoms with Gasteiger partial charge in [0.2, 0.25) is 0 Å². The molecule has 5 nitrogen and oxygen atoms in total. The van der Waals surface area contributed by atoms with Gasteiger partial charge in [0.1, 0.15) is 5.82 Å². The molecule has 0 atom stereocenters. The van der Waals surface area contributed by atoms with Gasteiger partial charge in [0.15, 0.2) is 0 Å². The first-order chi connectivity index (χ1) is 10.0. The SMILES string of the molecule is CCn1ccnc1CN1C(=O)C(=O)c2ccc(C)c(C)c21. The molecule has 0 saturated carbocycles. The van der Waals surface area contributed by atoms with Crippen LogP contribution in [0.1, 0.15) is 34.2 Å². The number of aryl methyl sites for hydroxylation is 2. The number of carbonyl (C=O) groups is 2. The lowest BCUT2D eigenvalue weighted by molar-refractivity contribution is -0.114. The van der Waals surface area contributed by atoms with Crippen molar-refractivity contribution in [1.29, 1.82) is 0 Å². The van der Waals surface area contributed by atoms with Crippen molar-refractivity contribution in [1.82, 2.24) is 9.55 Å². The Hall–Kier alpha value is -2.43. The Labute approximate surface area is 123 Å². The van der Waals surface area contributed by atoms with Crippen molar-refractivity contribution in [2.75, 3.05) is 4.90 Å². The summed E-state index contributed by atoms with van der Waals surface area (Å²) in [5.74, 6) is -0.112. The minimum atomic E-state index is -0.468. The van der Waals surface area contributed by atoms with Crippen LogP contribution in [0, 0.1) is 13.8 Å². The number of aromatic nitrogens is 2. The molecule has 0 bridgehead atoms. The molecule has 0 unspecified atom stereocenters. The van der Waals surface area contributed by atoms with Gasteiger partial charge in [0.25, 0.3) is 11.7 Å². The normalized spacial score (nSPS) is 14.0. The van der Waals surface area contributed by atoms with E-state index < -0.39 is 11.7 Å². The Morgan fingerprint density at radius 2 is 1.95 bits per heavy atom. The van der Waals surface area contributed by atoms with E-state index >= 15 is 0 Å². The third kappa shape index (κ3) is 1.96. The van der Waals surface area contributed by atoms with Crippen molar-refractivity contribution < 1.29 is 9.59 Å². The lowest BCUT2D eigenvalue weighted by atomic mass is 10.0. The van der Waals surface area contributed by atoms with Gasteiger partial charge >= 0.3 is 0 Å². The van der Waals surface area contributed by atoms with E-state index in [0.29, 0.717) is 12.1 Å². The molecule has 3 rings (SSSR count). The summed E-state index contributed by atoms with van der Waals surface area (Å²) in [6.45, 7) is 7.05. The van der Waals surface area contributed by atoms with Crippen LogP contribution >= 0.6 is 0 Å². The highest BCUT2D eigenvalue weighted by Crippen LogP contribution is 2.34. The number of benzene rings is 1. The summed E-state index contributed by atoms with van der Waals surface area (Å²) in [5.41, 5.74) is 3.27. The van der Waals surface area contributed by atoms with E-state index in [1.807, 2.05) is 37.6 Å². The van der Waals surface area contributed by atoms with Crippen LogP contribution in [0.25, 0.3) is 0 Å². The maximum absolute atomic E-state index is 12.3. The molecule has 2 aromatic rings. The number of fused-ring (bicyclic) bond motifs is 1. The fourth-order valence-electron chi connectivity index (χ4n) is 2.74. The minimum absolute atomic E-state index is 0.322. The van der Waals surface area contributed by atoms with Gasteiger partial charge in [-0.2, -0.15) is 0 Å². The fourth-order valence-corrected chi connectivity index (χ4v) is 2.74. The number of rotatable bonds is 3. The van der Waals surface area contributed by atoms with Crippen LogP contribution in [0.2, 0.25) is 0 Å². The average Bonchev–Trinajstić information content (AvgIpc) is 3.02. The van der Waals surface area contributed by atoms with Gasteiger partial charge in [-0.3, -0.25) is 14.5 Å². The van der Waals surface area contributed by atoms with Crippen molar-refractivity contribution in [3.63, 3.8) is 0 Å². The molecule has 1 aliphatic rings. The topological polar surface area (TPSA) is 55.2 Å². The van der Waals surface area contributed by atoms with Crippen molar-refractivity contribution in [2.45, 2.75) is 33.9 Å². The molecule has 21 heavy (non-hydrogen) atoms. The van der Waals surface area contributed by atoms with Crippen molar-refractivity contribution in [2.24, 2.45) is 0 Å². The van der Waals surface area contributed by atoms with E-state index in [1.54, 1.807) is 17.2 Å². The van der Waals surface area contributed by atoms with Crippen LogP contribution in [0.15, 0.2) is 24.5 Å². The largest absolute Gasteiger partial charge is 0.334 e. The Kier molecular flexibility index (Phi) is 3.12. The van der Waals surface area contributed by atoms with Gasteiger partial charge in [-0.25, -0.2) is 4.98 Å². The molecule has 0 spiro atoms. The molecule has 0 radical (unpaired) electrons. The number of hydrogen-bond donors (Lipinski definition) is 0. The van der Waals surface area contributed by atoms with Crippen LogP contribution in [0.4, 0.5) is 5.69 Å². The number of imidazole rings is 1. The van der Waals surface area contributed by atoms with Gasteiger partial charge in [-0.05, 0) is 38.0 Å². The molecule has 5 heteroatoms. The van der Waals surface area contributed by atoms with Crippen molar-refractivity contribution in [3.05, 3.63) is 47.0 Å². The predicted molar refractivity (Wildman–Crippen MR) is 79.3 cm³/mol. The molecule has 1 aromatic heterocycles. The molecule has 1 amide bonds. The molecule has 2 heterocycles. The second-order valence-electron chi connectivity index (χ2n) is 5.25. The quantitative estimate of drug-likeness (QED) is 0.812. The molecule has 108 valence electrons. The molecular formula is C16H17N3O2. The van der Waals surface area contributed by atoms with Crippen molar-refractivity contribution >= 4 is 17.4 Å². The summed E-state index contributed by atoms with van der Waals surface area (Å²) in [5, 5.41) is 0. The van der Waals surface area contributed by atoms with E-state index in [9.17, 15) is 9.59 Å². The third-order valence-electron chi connectivity index (χ3n) is 4.10. The summed E-state index contributed by atoms with van der Waals surface area (Å²) in [6, 6.07) is 3.63. The predicted octanol–water partition coefficient (Wildman–Crippen LogP) is 2.25. The van der Waals surface area contributed by atoms with E-state index in [2.05, 4.69) is 4.98 Å². The van der Waals surface area contributed by atoms with Gasteiger partial charge < -0.3 is 4.57 Å². The molecule has 1 aliphatic heterocycles. The lowest BCUT2D eigenvalue weighted by Crippen LogP contribution is -2.30. The first-order valence-electron chi connectivity index (χ1n) is 7.01. The van der Waals surface area contributed by atoms with Crippen LogP contribution < -0.4 is 4.90 Å². The number of hydrogen-bond acceptors (Lipinski definition) is 3. The van der Waals surface area contributed by atoms with Gasteiger partial charge in [0.05, 0.1) is 17.8 Å². The number of Topliss-reactive ketones (excluding diaryl/α,β-unsaturated/α-hetero) is 1. The smallest absolute Gasteiger partial charge is 0.299 e. The fraction of sp³-hybridized carbons (Fsp3) is 0.312. The van der Waals surface area contributed by atoms with Crippen LogP contribution in [-0.2, 0) is 17.9 Å². The Bertz CT molecular complexity index is 746. The first-order valence-corrected chi connectivity index (χ1v) is 7.01. The molecular weight excluding hydrogens is 266 g/mol. The standard InChI is InChI=1S/C16H17N3O2/c1-4-18-8-7-17-13(18)9-19-14-11(3)10(2)5-6-12(14)15(20)16(19)21/h5-8H,4,9H2,1-3H3. The molecule has 0 fully saturated rings. The second-order valence-corrected chi connectivity index (χ2v) is 5.25. The molecule has 0 saturated heterocycles. The number of ketones is 1. The Morgan fingerprint density at radius 3 is 2.67 bits per heavy atom. The van der Waals surface area contributed by atoms with E-state index in [1.165, 1.54) is 0 Å². The second kappa shape index (κ2) is 4.84. The zero-order valence-electron chi connectivity index (χ0n) is 12.4. The maximum atomic E-state index is 12.3. The minimum Gasteiger partial charge on any atom is -0.334 e. The summed E-state index contributed by atoms with van der Waals surface area (Å²) in [7, 11) is 0. The first kappa shape index (κ1) is 13.5. The molecule has 0 N–H and O–H groups in total. The van der Waals surface area contributed by atoms with Gasteiger partial charge in [-0.15, -0.1) is 0 Å². The van der Waals surface area contributed by atoms with E-state index in [0.717, 1.165) is 29.2 Å². The highest BCUT2D eigenvalue weighted by molar-refractivity contribution is 6.52. The monoisotopic (exact) mass is 283 g/mol. The van der Waals surface area contributed by atoms with E-state index in [4.69, 9.17) is 0 Å². The van der Waals surface area contributed by atoms with E-state index in [-0.39, 0.29) is 0 Å². The zero-order valence-corrected chi connectivity index (χ0v) is 12.4. The highest BCUT2D eigenvalue weighted by Gasteiger charge is 2.37. The van der Waals surface area contributed by atoms with Crippen molar-refractivity contribution in [3.8, 4) is 0 Å². The number of amides is 1. The number of nitrogens with zero attached hydrogens (tertiary/aromatic N) is 3. The van der Waals surface area contributed by atoms with Crippen LogP contribution in [0.5, 0.6) is 0 Å². The Balaban J connectivity index is 2.07. The summed E-state index contributed by atoms with van der Waals surface area (Å²) >= 11 is 0. The van der Waals surface area contributed by atoms with Gasteiger partial charge in [0, 0.05) is 18.9 Å². The zero-order chi connectivity index (χ0) is 15.1. The van der Waals surface area contributed by atoms with Crippen LogP contribution in [-0.4, -0.2) is 21.2 Å². The lowest BCUT2D eigenvalue weighted by Gasteiger charge is -2.19. The highest BCUT2D eigenvalue weighted by atomic mass is 16.2. The summed E-state index contributed by atoms with van der Waals surface area (Å²) in [6.07, 6.45) is 3.59. The van der Waals surface area contributed by atoms with Crippen LogP contribution in [0.3, 0.4) is 0 Å².